The van der Waals surface area contributed by atoms with Gasteiger partial charge in [-0.05, 0) is 31.0 Å². The van der Waals surface area contributed by atoms with Crippen LogP contribution in [0.4, 0.5) is 10.1 Å². The SMILES string of the molecule is O=c1ccccn1CC1(O)CCN(c2ccccc2F)CC1. The van der Waals surface area contributed by atoms with Gasteiger partial charge < -0.3 is 14.6 Å². The number of halogens is 1. The van der Waals surface area contributed by atoms with E-state index in [-0.39, 0.29) is 17.9 Å². The Labute approximate surface area is 128 Å². The predicted molar refractivity (Wildman–Crippen MR) is 83.5 cm³/mol. The van der Waals surface area contributed by atoms with Gasteiger partial charge >= 0.3 is 0 Å². The van der Waals surface area contributed by atoms with Crippen molar-refractivity contribution in [1.82, 2.24) is 4.57 Å². The third-order valence-corrected chi connectivity index (χ3v) is 4.25. The Balaban J connectivity index is 1.70. The van der Waals surface area contributed by atoms with Crippen LogP contribution in [0.25, 0.3) is 0 Å². The largest absolute Gasteiger partial charge is 0.388 e. The minimum atomic E-state index is -0.924. The quantitative estimate of drug-likeness (QED) is 0.943. The molecule has 0 amide bonds. The molecule has 1 aliphatic heterocycles. The van der Waals surface area contributed by atoms with Gasteiger partial charge in [0.2, 0.25) is 0 Å². The van der Waals surface area contributed by atoms with Gasteiger partial charge in [-0.3, -0.25) is 4.79 Å². The third-order valence-electron chi connectivity index (χ3n) is 4.25. The number of hydrogen-bond donors (Lipinski definition) is 1. The van der Waals surface area contributed by atoms with Crippen LogP contribution in [0.5, 0.6) is 0 Å². The number of benzene rings is 1. The lowest BCUT2D eigenvalue weighted by Crippen LogP contribution is -2.48. The smallest absolute Gasteiger partial charge is 0.250 e. The topological polar surface area (TPSA) is 45.5 Å². The van der Waals surface area contributed by atoms with Gasteiger partial charge in [-0.15, -0.1) is 0 Å². The highest BCUT2D eigenvalue weighted by Gasteiger charge is 2.33. The van der Waals surface area contributed by atoms with Crippen LogP contribution >= 0.6 is 0 Å². The Kier molecular flexibility index (Phi) is 3.98. The van der Waals surface area contributed by atoms with Crippen molar-refractivity contribution in [2.24, 2.45) is 0 Å². The molecule has 0 aliphatic carbocycles. The summed E-state index contributed by atoms with van der Waals surface area (Å²) in [5, 5.41) is 10.7. The van der Waals surface area contributed by atoms with Crippen molar-refractivity contribution < 1.29 is 9.50 Å². The van der Waals surface area contributed by atoms with Gasteiger partial charge in [0, 0.05) is 25.4 Å². The Morgan fingerprint density at radius 3 is 2.45 bits per heavy atom. The van der Waals surface area contributed by atoms with Crippen LogP contribution < -0.4 is 10.5 Å². The lowest BCUT2D eigenvalue weighted by molar-refractivity contribution is -0.000989. The molecule has 0 radical (unpaired) electrons. The minimum absolute atomic E-state index is 0.118. The van der Waals surface area contributed by atoms with Crippen molar-refractivity contribution in [3.8, 4) is 0 Å². The molecule has 1 aromatic carbocycles. The molecular formula is C17H19FN2O2. The first kappa shape index (κ1) is 14.8. The number of para-hydroxylation sites is 1. The Hall–Kier alpha value is -2.14. The van der Waals surface area contributed by atoms with Crippen LogP contribution in [-0.4, -0.2) is 28.4 Å². The van der Waals surface area contributed by atoms with E-state index in [1.54, 1.807) is 30.5 Å². The number of aliphatic hydroxyl groups is 1. The Morgan fingerprint density at radius 1 is 1.09 bits per heavy atom. The van der Waals surface area contributed by atoms with Gasteiger partial charge in [0.05, 0.1) is 17.8 Å². The highest BCUT2D eigenvalue weighted by atomic mass is 19.1. The van der Waals surface area contributed by atoms with Gasteiger partial charge in [0.1, 0.15) is 5.82 Å². The maximum absolute atomic E-state index is 13.8. The predicted octanol–water partition coefficient (Wildman–Crippen LogP) is 2.02. The van der Waals surface area contributed by atoms with Gasteiger partial charge in [-0.1, -0.05) is 18.2 Å². The molecule has 1 fully saturated rings. The maximum atomic E-state index is 13.8. The zero-order valence-electron chi connectivity index (χ0n) is 12.3. The molecule has 22 heavy (non-hydrogen) atoms. The second kappa shape index (κ2) is 5.93. The number of nitrogens with zero attached hydrogens (tertiary/aromatic N) is 2. The molecule has 0 atom stereocenters. The fourth-order valence-electron chi connectivity index (χ4n) is 2.94. The summed E-state index contributed by atoms with van der Waals surface area (Å²) < 4.78 is 15.3. The van der Waals surface area contributed by atoms with E-state index in [4.69, 9.17) is 0 Å². The molecule has 116 valence electrons. The maximum Gasteiger partial charge on any atom is 0.250 e. The van der Waals surface area contributed by atoms with Crippen molar-refractivity contribution in [1.29, 1.82) is 0 Å². The first-order chi connectivity index (χ1) is 10.6. The van der Waals surface area contributed by atoms with Gasteiger partial charge in [0.25, 0.3) is 5.56 Å². The first-order valence-corrected chi connectivity index (χ1v) is 7.45. The van der Waals surface area contributed by atoms with Crippen LogP contribution in [0.1, 0.15) is 12.8 Å². The summed E-state index contributed by atoms with van der Waals surface area (Å²) in [7, 11) is 0. The molecule has 1 N–H and O–H groups in total. The molecule has 3 rings (SSSR count). The monoisotopic (exact) mass is 302 g/mol. The fraction of sp³-hybridized carbons (Fsp3) is 0.353. The second-order valence-electron chi connectivity index (χ2n) is 5.83. The van der Waals surface area contributed by atoms with Crippen LogP contribution in [-0.2, 0) is 6.54 Å². The number of anilines is 1. The molecule has 4 nitrogen and oxygen atoms in total. The molecule has 2 aromatic rings. The number of piperidine rings is 1. The van der Waals surface area contributed by atoms with Crippen molar-refractivity contribution in [3.63, 3.8) is 0 Å². The average Bonchev–Trinajstić information content (AvgIpc) is 2.51. The molecule has 1 aromatic heterocycles. The molecular weight excluding hydrogens is 283 g/mol. The number of hydrogen-bond acceptors (Lipinski definition) is 3. The lowest BCUT2D eigenvalue weighted by Gasteiger charge is -2.39. The minimum Gasteiger partial charge on any atom is -0.388 e. The van der Waals surface area contributed by atoms with E-state index < -0.39 is 5.60 Å². The highest BCUT2D eigenvalue weighted by molar-refractivity contribution is 5.48. The molecule has 1 saturated heterocycles. The Bertz CT molecular complexity index is 706. The molecule has 0 bridgehead atoms. The van der Waals surface area contributed by atoms with Crippen LogP contribution in [0, 0.1) is 5.82 Å². The van der Waals surface area contributed by atoms with E-state index in [0.717, 1.165) is 0 Å². The molecule has 0 spiro atoms. The third kappa shape index (κ3) is 3.04. The number of aromatic nitrogens is 1. The van der Waals surface area contributed by atoms with Gasteiger partial charge in [-0.2, -0.15) is 0 Å². The summed E-state index contributed by atoms with van der Waals surface area (Å²) >= 11 is 0. The summed E-state index contributed by atoms with van der Waals surface area (Å²) in [4.78, 5) is 13.7. The highest BCUT2D eigenvalue weighted by Crippen LogP contribution is 2.28. The lowest BCUT2D eigenvalue weighted by atomic mass is 9.91. The normalized spacial score (nSPS) is 17.5. The first-order valence-electron chi connectivity index (χ1n) is 7.45. The van der Waals surface area contributed by atoms with E-state index in [9.17, 15) is 14.3 Å². The zero-order chi connectivity index (χ0) is 15.6. The number of rotatable bonds is 3. The summed E-state index contributed by atoms with van der Waals surface area (Å²) in [6.45, 7) is 1.41. The van der Waals surface area contributed by atoms with E-state index in [1.165, 1.54) is 16.7 Å². The fourth-order valence-corrected chi connectivity index (χ4v) is 2.94. The molecule has 1 aliphatic rings. The zero-order valence-corrected chi connectivity index (χ0v) is 12.3. The standard InChI is InChI=1S/C17H19FN2O2/c18-14-5-1-2-6-15(14)19-11-8-17(22,9-12-19)13-20-10-4-3-7-16(20)21/h1-7,10,22H,8-9,11-13H2. The summed E-state index contributed by atoms with van der Waals surface area (Å²) in [5.74, 6) is -0.243. The second-order valence-corrected chi connectivity index (χ2v) is 5.83. The molecule has 0 saturated carbocycles. The van der Waals surface area contributed by atoms with Crippen molar-refractivity contribution in [3.05, 3.63) is 64.8 Å². The molecule has 2 heterocycles. The van der Waals surface area contributed by atoms with Crippen LogP contribution in [0.3, 0.4) is 0 Å². The van der Waals surface area contributed by atoms with Gasteiger partial charge in [0.15, 0.2) is 0 Å². The van der Waals surface area contributed by atoms with Crippen LogP contribution in [0.15, 0.2) is 53.5 Å². The van der Waals surface area contributed by atoms with Gasteiger partial charge in [-0.25, -0.2) is 4.39 Å². The molecule has 5 heteroatoms. The summed E-state index contributed by atoms with van der Waals surface area (Å²) in [5.41, 5.74) is -0.471. The summed E-state index contributed by atoms with van der Waals surface area (Å²) in [6.07, 6.45) is 2.69. The number of pyridine rings is 1. The van der Waals surface area contributed by atoms with E-state index in [1.807, 2.05) is 11.0 Å². The van der Waals surface area contributed by atoms with Crippen molar-refractivity contribution >= 4 is 5.69 Å². The average molecular weight is 302 g/mol. The summed E-state index contributed by atoms with van der Waals surface area (Å²) in [6, 6.07) is 11.6. The van der Waals surface area contributed by atoms with Crippen LogP contribution in [0.2, 0.25) is 0 Å². The van der Waals surface area contributed by atoms with E-state index in [2.05, 4.69) is 0 Å². The Morgan fingerprint density at radius 2 is 1.77 bits per heavy atom. The molecule has 0 unspecified atom stereocenters. The van der Waals surface area contributed by atoms with Crippen molar-refractivity contribution in [2.45, 2.75) is 25.0 Å². The van der Waals surface area contributed by atoms with E-state index in [0.29, 0.717) is 31.6 Å². The van der Waals surface area contributed by atoms with Crippen molar-refractivity contribution in [2.75, 3.05) is 18.0 Å². The van der Waals surface area contributed by atoms with E-state index >= 15 is 0 Å².